The molecule has 0 aliphatic rings. The summed E-state index contributed by atoms with van der Waals surface area (Å²) in [5, 5.41) is 13.8. The first kappa shape index (κ1) is 53.4. The van der Waals surface area contributed by atoms with Crippen molar-refractivity contribution in [2.75, 3.05) is 40.9 Å². The second-order valence-corrected chi connectivity index (χ2v) is 16.8. The normalized spacial score (nSPS) is 15.3. The average molecular weight is 802 g/mol. The van der Waals surface area contributed by atoms with Crippen molar-refractivity contribution in [3.8, 4) is 0 Å². The molecule has 3 N–H and O–H groups in total. The van der Waals surface area contributed by atoms with Gasteiger partial charge in [0.1, 0.15) is 13.2 Å². The lowest BCUT2D eigenvalue weighted by atomic mass is 10.1. The van der Waals surface area contributed by atoms with Crippen molar-refractivity contribution in [2.45, 2.75) is 154 Å². The molecule has 3 atom stereocenters. The lowest BCUT2D eigenvalue weighted by molar-refractivity contribution is -0.870. The van der Waals surface area contributed by atoms with Gasteiger partial charge in [0.15, 0.2) is 0 Å². The van der Waals surface area contributed by atoms with Crippen molar-refractivity contribution < 1.29 is 32.9 Å². The van der Waals surface area contributed by atoms with Gasteiger partial charge in [-0.25, -0.2) is 4.57 Å². The predicted molar refractivity (Wildman–Crippen MR) is 239 cm³/mol. The molecule has 0 saturated heterocycles. The third-order valence-electron chi connectivity index (χ3n) is 8.77. The maximum Gasteiger partial charge on any atom is 0.472 e. The fourth-order valence-electron chi connectivity index (χ4n) is 5.33. The van der Waals surface area contributed by atoms with Crippen LogP contribution in [0.1, 0.15) is 142 Å². The predicted octanol–water partition coefficient (Wildman–Crippen LogP) is 12.0. The van der Waals surface area contributed by atoms with Crippen molar-refractivity contribution in [3.05, 3.63) is 97.2 Å². The van der Waals surface area contributed by atoms with Crippen LogP contribution in [0.3, 0.4) is 0 Å². The summed E-state index contributed by atoms with van der Waals surface area (Å²) in [6.07, 6.45) is 53.3. The lowest BCUT2D eigenvalue weighted by Crippen LogP contribution is -2.45. The largest absolute Gasteiger partial charge is 0.472 e. The Kier molecular flexibility index (Phi) is 36.2. The number of hydrogen-bond donors (Lipinski definition) is 3. The lowest BCUT2D eigenvalue weighted by Gasteiger charge is -2.25. The minimum Gasteiger partial charge on any atom is -0.387 e. The van der Waals surface area contributed by atoms with Gasteiger partial charge < -0.3 is 19.8 Å². The molecule has 0 bridgehead atoms. The Morgan fingerprint density at radius 1 is 0.625 bits per heavy atom. The quantitative estimate of drug-likeness (QED) is 0.0250. The van der Waals surface area contributed by atoms with Gasteiger partial charge in [-0.05, 0) is 89.9 Å². The van der Waals surface area contributed by atoms with Gasteiger partial charge in [0.05, 0.1) is 39.9 Å². The van der Waals surface area contributed by atoms with Crippen LogP contribution >= 0.6 is 7.82 Å². The monoisotopic (exact) mass is 802 g/mol. The maximum atomic E-state index is 12.8. The number of unbranched alkanes of at least 4 members (excludes halogenated alkanes) is 10. The highest BCUT2D eigenvalue weighted by Gasteiger charge is 2.27. The van der Waals surface area contributed by atoms with Gasteiger partial charge in [-0.2, -0.15) is 0 Å². The number of phosphoric ester groups is 1. The van der Waals surface area contributed by atoms with Gasteiger partial charge in [-0.3, -0.25) is 13.8 Å². The molecule has 0 spiro atoms. The Hall–Kier alpha value is -2.58. The van der Waals surface area contributed by atoms with Crippen molar-refractivity contribution in [3.63, 3.8) is 0 Å². The molecule has 0 saturated carbocycles. The summed E-state index contributed by atoms with van der Waals surface area (Å²) in [5.74, 6) is -0.229. The SMILES string of the molecule is CC/C=C\C/C=C\C/C=C\C/C=C\C/C=C\CCCCCC(=O)NC(COP(=O)(O)OCC[N+](C)(C)C)C(O)/C=C/CC/C=C/CC/C=C/CCCCCCC. The summed E-state index contributed by atoms with van der Waals surface area (Å²) in [6, 6.07) is -0.892. The number of nitrogens with one attached hydrogen (secondary N) is 1. The molecule has 0 aromatic rings. The number of phosphoric acid groups is 1. The molecular formula is C47H82N2O6P+. The summed E-state index contributed by atoms with van der Waals surface area (Å²) < 4.78 is 23.5. The summed E-state index contributed by atoms with van der Waals surface area (Å²) in [6.45, 7) is 4.59. The van der Waals surface area contributed by atoms with Gasteiger partial charge in [0.25, 0.3) is 0 Å². The topological polar surface area (TPSA) is 105 Å². The highest BCUT2D eigenvalue weighted by molar-refractivity contribution is 7.47. The Morgan fingerprint density at radius 3 is 1.62 bits per heavy atom. The number of aliphatic hydroxyl groups excluding tert-OH is 1. The first-order valence-electron chi connectivity index (χ1n) is 21.6. The summed E-state index contributed by atoms with van der Waals surface area (Å²) in [5.41, 5.74) is 0. The fourth-order valence-corrected chi connectivity index (χ4v) is 6.07. The molecule has 0 aliphatic heterocycles. The van der Waals surface area contributed by atoms with Crippen LogP contribution in [0.5, 0.6) is 0 Å². The van der Waals surface area contributed by atoms with Crippen molar-refractivity contribution in [1.29, 1.82) is 0 Å². The number of likely N-dealkylation sites (N-methyl/N-ethyl adjacent to an activating group) is 1. The molecule has 56 heavy (non-hydrogen) atoms. The minimum absolute atomic E-state index is 0.0410. The van der Waals surface area contributed by atoms with E-state index in [0.29, 0.717) is 23.9 Å². The molecule has 0 rings (SSSR count). The van der Waals surface area contributed by atoms with Crippen molar-refractivity contribution in [2.24, 2.45) is 0 Å². The van der Waals surface area contributed by atoms with Gasteiger partial charge in [0, 0.05) is 6.42 Å². The molecule has 8 nitrogen and oxygen atoms in total. The highest BCUT2D eigenvalue weighted by Crippen LogP contribution is 2.43. The number of carbonyl (C=O) groups is 1. The van der Waals surface area contributed by atoms with E-state index >= 15 is 0 Å². The Bertz CT molecular complexity index is 1230. The fraction of sp³-hybridized carbons (Fsp3) is 0.638. The van der Waals surface area contributed by atoms with Gasteiger partial charge in [-0.15, -0.1) is 0 Å². The van der Waals surface area contributed by atoms with E-state index in [2.05, 4.69) is 104 Å². The number of rotatable bonds is 37. The van der Waals surface area contributed by atoms with Gasteiger partial charge in [0.2, 0.25) is 5.91 Å². The van der Waals surface area contributed by atoms with E-state index in [4.69, 9.17) is 9.05 Å². The van der Waals surface area contributed by atoms with Crippen LogP contribution in [-0.2, 0) is 18.4 Å². The second kappa shape index (κ2) is 38.0. The molecule has 0 aromatic carbocycles. The molecule has 0 aliphatic carbocycles. The van der Waals surface area contributed by atoms with Crippen LogP contribution in [0.4, 0.5) is 0 Å². The first-order chi connectivity index (χ1) is 27.0. The van der Waals surface area contributed by atoms with Crippen molar-refractivity contribution in [1.82, 2.24) is 5.32 Å². The molecule has 0 aromatic heterocycles. The maximum absolute atomic E-state index is 12.8. The van der Waals surface area contributed by atoms with E-state index in [9.17, 15) is 19.4 Å². The molecule has 320 valence electrons. The molecule has 9 heteroatoms. The van der Waals surface area contributed by atoms with E-state index in [1.807, 2.05) is 27.2 Å². The van der Waals surface area contributed by atoms with Crippen LogP contribution in [0, 0.1) is 0 Å². The van der Waals surface area contributed by atoms with Crippen molar-refractivity contribution >= 4 is 13.7 Å². The Morgan fingerprint density at radius 2 is 1.09 bits per heavy atom. The molecular weight excluding hydrogens is 719 g/mol. The molecule has 0 heterocycles. The van der Waals surface area contributed by atoms with Crippen LogP contribution in [0.25, 0.3) is 0 Å². The van der Waals surface area contributed by atoms with E-state index < -0.39 is 20.0 Å². The Balaban J connectivity index is 4.61. The third kappa shape index (κ3) is 39.6. The number of carbonyl (C=O) groups excluding carboxylic acids is 1. The molecule has 0 fully saturated rings. The second-order valence-electron chi connectivity index (χ2n) is 15.3. The average Bonchev–Trinajstić information content (AvgIpc) is 3.15. The minimum atomic E-state index is -4.36. The number of nitrogens with zero attached hydrogens (tertiary/aromatic N) is 1. The Labute approximate surface area is 343 Å². The van der Waals surface area contributed by atoms with Crippen LogP contribution in [0.2, 0.25) is 0 Å². The van der Waals surface area contributed by atoms with E-state index in [-0.39, 0.29) is 19.1 Å². The number of aliphatic hydroxyl groups is 1. The number of hydrogen-bond acceptors (Lipinski definition) is 5. The van der Waals surface area contributed by atoms with E-state index in [1.54, 1.807) is 6.08 Å². The third-order valence-corrected chi connectivity index (χ3v) is 9.75. The number of quaternary nitrogens is 1. The van der Waals surface area contributed by atoms with E-state index in [1.165, 1.54) is 38.5 Å². The molecule has 3 unspecified atom stereocenters. The zero-order chi connectivity index (χ0) is 41.4. The summed E-state index contributed by atoms with van der Waals surface area (Å²) >= 11 is 0. The zero-order valence-electron chi connectivity index (χ0n) is 36.1. The standard InChI is InChI=1S/C47H81N2O6P/c1-6-8-10-12-14-16-18-20-22-23-24-25-27-29-31-33-35-37-39-41-47(51)48-45(44-55-56(52,53)54-43-42-49(3,4)5)46(50)40-38-36-34-32-30-28-26-21-19-17-15-13-11-9-7-2/h8,10,14,16,19-22,24-25,29-32,38,40,45-46,50H,6-7,9,11-13,15,17-18,23,26-28,33-37,39,41-44H2,1-5H3,(H-,48,51,52,53)/p+1/b10-8-,16-14-,21-19+,22-20-,25-24-,31-29-,32-30+,40-38+. The number of amides is 1. The van der Waals surface area contributed by atoms with Crippen LogP contribution in [0.15, 0.2) is 97.2 Å². The zero-order valence-corrected chi connectivity index (χ0v) is 37.0. The first-order valence-corrected chi connectivity index (χ1v) is 23.1. The van der Waals surface area contributed by atoms with Gasteiger partial charge in [-0.1, -0.05) is 143 Å². The van der Waals surface area contributed by atoms with Gasteiger partial charge >= 0.3 is 7.82 Å². The molecule has 1 amide bonds. The molecule has 0 radical (unpaired) electrons. The smallest absolute Gasteiger partial charge is 0.387 e. The van der Waals surface area contributed by atoms with Crippen LogP contribution < -0.4 is 5.32 Å². The number of allylic oxidation sites excluding steroid dienone is 15. The highest BCUT2D eigenvalue weighted by atomic mass is 31.2. The summed E-state index contributed by atoms with van der Waals surface area (Å²) in [7, 11) is 1.50. The van der Waals surface area contributed by atoms with E-state index in [0.717, 1.165) is 77.0 Å². The summed E-state index contributed by atoms with van der Waals surface area (Å²) in [4.78, 5) is 23.1. The van der Waals surface area contributed by atoms with Crippen LogP contribution in [-0.4, -0.2) is 73.4 Å².